The van der Waals surface area contributed by atoms with Crippen molar-refractivity contribution >= 4 is 17.4 Å². The maximum Gasteiger partial charge on any atom is 0.287 e. The number of rotatable bonds is 3. The predicted molar refractivity (Wildman–Crippen MR) is 58.0 cm³/mol. The first-order valence-corrected chi connectivity index (χ1v) is 5.61. The first kappa shape index (κ1) is 10.4. The van der Waals surface area contributed by atoms with Crippen molar-refractivity contribution in [3.63, 3.8) is 0 Å². The highest BCUT2D eigenvalue weighted by atomic mass is 32.2. The molecule has 1 fully saturated rings. The van der Waals surface area contributed by atoms with Gasteiger partial charge in [0.1, 0.15) is 6.20 Å². The second-order valence-electron chi connectivity index (χ2n) is 3.34. The maximum atomic E-state index is 10.4. The second-order valence-corrected chi connectivity index (χ2v) is 4.67. The van der Waals surface area contributed by atoms with Crippen LogP contribution in [0, 0.1) is 10.1 Å². The van der Waals surface area contributed by atoms with Crippen LogP contribution in [0.5, 0.6) is 0 Å². The molecular weight excluding hydrogens is 214 g/mol. The van der Waals surface area contributed by atoms with Crippen molar-refractivity contribution in [1.82, 2.24) is 10.3 Å². The minimum Gasteiger partial charge on any atom is -0.316 e. The zero-order valence-electron chi connectivity index (χ0n) is 8.05. The summed E-state index contributed by atoms with van der Waals surface area (Å²) in [6.45, 7) is 2.04. The Labute approximate surface area is 91.4 Å². The number of hydrogen-bond acceptors (Lipinski definition) is 5. The van der Waals surface area contributed by atoms with E-state index in [2.05, 4.69) is 10.3 Å². The minimum atomic E-state index is -0.432. The molecule has 1 aromatic heterocycles. The van der Waals surface area contributed by atoms with Crippen LogP contribution in [0.15, 0.2) is 23.4 Å². The Kier molecular flexibility index (Phi) is 3.17. The number of nitrogens with zero attached hydrogens (tertiary/aromatic N) is 2. The fourth-order valence-electron chi connectivity index (χ4n) is 1.45. The van der Waals surface area contributed by atoms with E-state index in [-0.39, 0.29) is 5.69 Å². The van der Waals surface area contributed by atoms with E-state index in [4.69, 9.17) is 0 Å². The summed E-state index contributed by atoms with van der Waals surface area (Å²) in [7, 11) is 0. The molecule has 1 aliphatic heterocycles. The van der Waals surface area contributed by atoms with Gasteiger partial charge in [-0.3, -0.25) is 10.1 Å². The lowest BCUT2D eigenvalue weighted by Crippen LogP contribution is -2.10. The summed E-state index contributed by atoms with van der Waals surface area (Å²) >= 11 is 1.68. The quantitative estimate of drug-likeness (QED) is 0.622. The molecule has 0 aromatic carbocycles. The maximum absolute atomic E-state index is 10.4. The molecule has 0 unspecified atom stereocenters. The van der Waals surface area contributed by atoms with Crippen molar-refractivity contribution in [3.8, 4) is 0 Å². The van der Waals surface area contributed by atoms with E-state index in [1.807, 2.05) is 0 Å². The second kappa shape index (κ2) is 4.59. The molecule has 80 valence electrons. The van der Waals surface area contributed by atoms with Gasteiger partial charge in [0.2, 0.25) is 0 Å². The third-order valence-electron chi connectivity index (χ3n) is 2.23. The highest BCUT2D eigenvalue weighted by Crippen LogP contribution is 2.26. The van der Waals surface area contributed by atoms with Crippen molar-refractivity contribution in [2.24, 2.45) is 0 Å². The van der Waals surface area contributed by atoms with Crippen LogP contribution in [0.2, 0.25) is 0 Å². The molecule has 0 bridgehead atoms. The smallest absolute Gasteiger partial charge is 0.287 e. The van der Waals surface area contributed by atoms with Crippen molar-refractivity contribution in [2.45, 2.75) is 16.7 Å². The Bertz CT molecular complexity index is 349. The molecule has 6 heteroatoms. The molecule has 1 N–H and O–H groups in total. The Morgan fingerprint density at radius 3 is 3.00 bits per heavy atom. The highest BCUT2D eigenvalue weighted by molar-refractivity contribution is 7.99. The van der Waals surface area contributed by atoms with Crippen molar-refractivity contribution in [1.29, 1.82) is 0 Å². The topological polar surface area (TPSA) is 68.1 Å². The molecule has 15 heavy (non-hydrogen) atoms. The Balaban J connectivity index is 2.00. The largest absolute Gasteiger partial charge is 0.316 e. The van der Waals surface area contributed by atoms with E-state index >= 15 is 0 Å². The van der Waals surface area contributed by atoms with Gasteiger partial charge in [-0.25, -0.2) is 4.98 Å². The van der Waals surface area contributed by atoms with Crippen LogP contribution in [-0.4, -0.2) is 28.2 Å². The third kappa shape index (κ3) is 2.66. The third-order valence-corrected chi connectivity index (χ3v) is 3.45. The zero-order chi connectivity index (χ0) is 10.7. The molecule has 1 aliphatic rings. The van der Waals surface area contributed by atoms with E-state index in [0.29, 0.717) is 5.25 Å². The fraction of sp³-hybridized carbons (Fsp3) is 0.444. The number of pyridine rings is 1. The molecule has 1 atom stereocenters. The monoisotopic (exact) mass is 225 g/mol. The van der Waals surface area contributed by atoms with Gasteiger partial charge in [-0.05, 0) is 19.0 Å². The number of aromatic nitrogens is 1. The molecule has 0 amide bonds. The van der Waals surface area contributed by atoms with Gasteiger partial charge in [0.05, 0.1) is 9.95 Å². The minimum absolute atomic E-state index is 0.0453. The number of nitrogens with one attached hydrogen (secondary N) is 1. The summed E-state index contributed by atoms with van der Waals surface area (Å²) in [6, 6.07) is 3.21. The summed E-state index contributed by atoms with van der Waals surface area (Å²) in [4.78, 5) is 14.0. The molecule has 1 aromatic rings. The van der Waals surface area contributed by atoms with Gasteiger partial charge in [0, 0.05) is 17.9 Å². The molecule has 0 spiro atoms. The van der Waals surface area contributed by atoms with Gasteiger partial charge in [0.15, 0.2) is 0 Å². The van der Waals surface area contributed by atoms with Gasteiger partial charge < -0.3 is 5.32 Å². The van der Waals surface area contributed by atoms with Crippen LogP contribution >= 0.6 is 11.8 Å². The molecule has 0 aliphatic carbocycles. The lowest BCUT2D eigenvalue weighted by atomic mass is 10.4. The summed E-state index contributed by atoms with van der Waals surface area (Å²) in [5.74, 6) is 0. The van der Waals surface area contributed by atoms with Crippen LogP contribution in [0.25, 0.3) is 0 Å². The standard InChI is InChI=1S/C9H11N3O2S/c13-12(14)7-1-2-9(11-5-7)15-8-3-4-10-6-8/h1-2,5,8,10H,3-4,6H2/t8-/m1/s1. The van der Waals surface area contributed by atoms with Crippen LogP contribution < -0.4 is 5.32 Å². The Morgan fingerprint density at radius 1 is 1.60 bits per heavy atom. The molecule has 2 rings (SSSR count). The average molecular weight is 225 g/mol. The lowest BCUT2D eigenvalue weighted by molar-refractivity contribution is -0.385. The van der Waals surface area contributed by atoms with Gasteiger partial charge in [0.25, 0.3) is 5.69 Å². The zero-order valence-corrected chi connectivity index (χ0v) is 8.87. The van der Waals surface area contributed by atoms with E-state index in [1.54, 1.807) is 17.8 Å². The first-order chi connectivity index (χ1) is 7.25. The Hall–Kier alpha value is -1.14. The van der Waals surface area contributed by atoms with Gasteiger partial charge in [-0.1, -0.05) is 0 Å². The first-order valence-electron chi connectivity index (χ1n) is 4.73. The van der Waals surface area contributed by atoms with Gasteiger partial charge in [-0.15, -0.1) is 11.8 Å². The Morgan fingerprint density at radius 2 is 2.47 bits per heavy atom. The van der Waals surface area contributed by atoms with Crippen LogP contribution in [0.3, 0.4) is 0 Å². The van der Waals surface area contributed by atoms with E-state index in [9.17, 15) is 10.1 Å². The highest BCUT2D eigenvalue weighted by Gasteiger charge is 2.16. The van der Waals surface area contributed by atoms with E-state index < -0.39 is 4.92 Å². The summed E-state index contributed by atoms with van der Waals surface area (Å²) in [6.07, 6.45) is 2.44. The summed E-state index contributed by atoms with van der Waals surface area (Å²) in [5.41, 5.74) is 0.0453. The van der Waals surface area contributed by atoms with Crippen LogP contribution in [-0.2, 0) is 0 Å². The summed E-state index contributed by atoms with van der Waals surface area (Å²) < 4.78 is 0. The molecule has 0 radical (unpaired) electrons. The fourth-order valence-corrected chi connectivity index (χ4v) is 2.49. The lowest BCUT2D eigenvalue weighted by Gasteiger charge is -2.05. The molecular formula is C9H11N3O2S. The number of thioether (sulfide) groups is 1. The van der Waals surface area contributed by atoms with E-state index in [0.717, 1.165) is 24.5 Å². The van der Waals surface area contributed by atoms with Crippen molar-refractivity contribution in [2.75, 3.05) is 13.1 Å². The SMILES string of the molecule is O=[N+]([O-])c1ccc(S[C@@H]2CCNC2)nc1. The van der Waals surface area contributed by atoms with Crippen LogP contribution in [0.1, 0.15) is 6.42 Å². The molecule has 1 saturated heterocycles. The van der Waals surface area contributed by atoms with Crippen molar-refractivity contribution < 1.29 is 4.92 Å². The predicted octanol–water partition coefficient (Wildman–Crippen LogP) is 1.44. The number of nitro groups is 1. The number of hydrogen-bond donors (Lipinski definition) is 1. The van der Waals surface area contributed by atoms with Crippen LogP contribution in [0.4, 0.5) is 5.69 Å². The van der Waals surface area contributed by atoms with Crippen molar-refractivity contribution in [3.05, 3.63) is 28.4 Å². The van der Waals surface area contributed by atoms with Gasteiger partial charge >= 0.3 is 0 Å². The molecule has 0 saturated carbocycles. The van der Waals surface area contributed by atoms with E-state index in [1.165, 1.54) is 12.3 Å². The summed E-state index contributed by atoms with van der Waals surface area (Å²) in [5, 5.41) is 15.1. The molecule has 5 nitrogen and oxygen atoms in total. The average Bonchev–Trinajstić information content (AvgIpc) is 2.71. The van der Waals surface area contributed by atoms with Gasteiger partial charge in [-0.2, -0.15) is 0 Å². The normalized spacial score (nSPS) is 20.4. The molecule has 2 heterocycles.